The number of amides is 1. The lowest BCUT2D eigenvalue weighted by atomic mass is 9.95. The Kier molecular flexibility index (Phi) is 4.54. The van der Waals surface area contributed by atoms with Crippen LogP contribution in [-0.2, 0) is 11.2 Å². The second-order valence-electron chi connectivity index (χ2n) is 8.18. The van der Waals surface area contributed by atoms with Gasteiger partial charge < -0.3 is 19.8 Å². The molecule has 1 aromatic carbocycles. The average Bonchev–Trinajstić information content (AvgIpc) is 3.18. The highest BCUT2D eigenvalue weighted by Crippen LogP contribution is 2.68. The fraction of sp³-hybridized carbons (Fsp3) is 0.429. The summed E-state index contributed by atoms with van der Waals surface area (Å²) in [4.78, 5) is 18.7. The number of β-amino-alcohol motifs (C(OH)–C–C–N with tert-alkyl or cyclic N) is 1. The number of rotatable bonds is 6. The molecule has 0 unspecified atom stereocenters. The Morgan fingerprint density at radius 1 is 1.37 bits per heavy atom. The first-order chi connectivity index (χ1) is 14.6. The summed E-state index contributed by atoms with van der Waals surface area (Å²) in [6.45, 7) is 3.32. The van der Waals surface area contributed by atoms with Crippen LogP contribution in [0.4, 0.5) is 5.95 Å². The van der Waals surface area contributed by atoms with Crippen LogP contribution >= 0.6 is 0 Å². The zero-order valence-electron chi connectivity index (χ0n) is 16.7. The number of hydrogen-bond acceptors (Lipinski definition) is 7. The van der Waals surface area contributed by atoms with Crippen LogP contribution in [0.1, 0.15) is 23.1 Å². The number of benzene rings is 1. The molecular formula is C21H24N6O3. The van der Waals surface area contributed by atoms with E-state index >= 15 is 0 Å². The van der Waals surface area contributed by atoms with Crippen molar-refractivity contribution < 1.29 is 14.4 Å². The van der Waals surface area contributed by atoms with E-state index in [4.69, 9.17) is 4.52 Å². The van der Waals surface area contributed by atoms with Gasteiger partial charge in [-0.2, -0.15) is 10.1 Å². The lowest BCUT2D eigenvalue weighted by molar-refractivity contribution is -0.120. The minimum absolute atomic E-state index is 0.0637. The Morgan fingerprint density at radius 2 is 2.20 bits per heavy atom. The van der Waals surface area contributed by atoms with E-state index in [1.54, 1.807) is 19.2 Å². The molecule has 3 aromatic rings. The summed E-state index contributed by atoms with van der Waals surface area (Å²) >= 11 is 0. The van der Waals surface area contributed by atoms with Crippen molar-refractivity contribution in [2.24, 2.45) is 11.3 Å². The number of nitrogens with one attached hydrogen (secondary N) is 2. The van der Waals surface area contributed by atoms with E-state index in [9.17, 15) is 9.90 Å². The molecule has 5 rings (SSSR count). The van der Waals surface area contributed by atoms with Gasteiger partial charge in [0.1, 0.15) is 0 Å². The Hall–Kier alpha value is -3.20. The van der Waals surface area contributed by atoms with Crippen LogP contribution in [-0.4, -0.2) is 57.1 Å². The quantitative estimate of drug-likeness (QED) is 0.557. The fourth-order valence-electron chi connectivity index (χ4n) is 5.01. The first-order valence-electron chi connectivity index (χ1n) is 10.1. The Morgan fingerprint density at radius 3 is 2.90 bits per heavy atom. The maximum Gasteiger partial charge on any atom is 0.266 e. The largest absolute Gasteiger partial charge is 0.391 e. The molecule has 2 fully saturated rings. The van der Waals surface area contributed by atoms with Crippen molar-refractivity contribution in [3.63, 3.8) is 0 Å². The van der Waals surface area contributed by atoms with E-state index in [1.807, 2.05) is 23.1 Å². The molecule has 1 spiro atoms. The van der Waals surface area contributed by atoms with E-state index in [0.717, 1.165) is 5.69 Å². The van der Waals surface area contributed by atoms with Crippen molar-refractivity contribution in [1.82, 2.24) is 25.7 Å². The van der Waals surface area contributed by atoms with Gasteiger partial charge in [0.05, 0.1) is 12.5 Å². The van der Waals surface area contributed by atoms with E-state index in [1.165, 1.54) is 5.56 Å². The monoisotopic (exact) mass is 408 g/mol. The van der Waals surface area contributed by atoms with E-state index in [2.05, 4.69) is 37.8 Å². The van der Waals surface area contributed by atoms with Gasteiger partial charge in [-0.1, -0.05) is 30.3 Å². The smallest absolute Gasteiger partial charge is 0.266 e. The highest BCUT2D eigenvalue weighted by atomic mass is 16.5. The van der Waals surface area contributed by atoms with Crippen LogP contribution in [0.15, 0.2) is 47.1 Å². The number of aromatic amines is 1. The van der Waals surface area contributed by atoms with Crippen LogP contribution in [0, 0.1) is 18.3 Å². The molecule has 0 radical (unpaired) electrons. The summed E-state index contributed by atoms with van der Waals surface area (Å²) in [7, 11) is 0. The first kappa shape index (κ1) is 18.8. The number of carbonyl (C=O) groups excluding carboxylic acids is 1. The Bertz CT molecular complexity index is 1020. The molecule has 2 aromatic heterocycles. The van der Waals surface area contributed by atoms with E-state index < -0.39 is 6.10 Å². The van der Waals surface area contributed by atoms with Crippen LogP contribution in [0.5, 0.6) is 0 Å². The second kappa shape index (κ2) is 7.24. The predicted molar refractivity (Wildman–Crippen MR) is 108 cm³/mol. The maximum atomic E-state index is 12.4. The highest BCUT2D eigenvalue weighted by Gasteiger charge is 2.71. The van der Waals surface area contributed by atoms with Gasteiger partial charge in [-0.25, -0.2) is 0 Å². The van der Waals surface area contributed by atoms with Crippen LogP contribution < -0.4 is 10.2 Å². The molecule has 30 heavy (non-hydrogen) atoms. The third kappa shape index (κ3) is 3.15. The van der Waals surface area contributed by atoms with Gasteiger partial charge in [0.15, 0.2) is 0 Å². The van der Waals surface area contributed by atoms with Gasteiger partial charge in [0.2, 0.25) is 11.8 Å². The Balaban J connectivity index is 1.34. The molecular weight excluding hydrogens is 384 g/mol. The normalized spacial score (nSPS) is 27.5. The number of nitrogens with zero attached hydrogens (tertiary/aromatic N) is 4. The third-order valence-corrected chi connectivity index (χ3v) is 6.43. The first-order valence-corrected chi connectivity index (χ1v) is 10.1. The third-order valence-electron chi connectivity index (χ3n) is 6.43. The number of carbonyl (C=O) groups is 1. The average molecular weight is 408 g/mol. The minimum Gasteiger partial charge on any atom is -0.391 e. The topological polar surface area (TPSA) is 120 Å². The SMILES string of the molecule is Cc1nc(N2C[C@@H](O)[C@@]3(C2)[C@H](CNC(=O)Cc2ccn[nH]2)[C@H]3c2ccccc2)no1. The van der Waals surface area contributed by atoms with Crippen molar-refractivity contribution in [3.8, 4) is 0 Å². The molecule has 9 nitrogen and oxygen atoms in total. The summed E-state index contributed by atoms with van der Waals surface area (Å²) in [5, 5.41) is 24.8. The molecule has 1 saturated carbocycles. The zero-order chi connectivity index (χ0) is 20.7. The van der Waals surface area contributed by atoms with Gasteiger partial charge >= 0.3 is 0 Å². The van der Waals surface area contributed by atoms with Crippen LogP contribution in [0.2, 0.25) is 0 Å². The highest BCUT2D eigenvalue weighted by molar-refractivity contribution is 5.78. The van der Waals surface area contributed by atoms with Crippen molar-refractivity contribution in [3.05, 3.63) is 59.7 Å². The molecule has 1 aliphatic carbocycles. The van der Waals surface area contributed by atoms with Gasteiger partial charge in [-0.15, -0.1) is 0 Å². The lowest BCUT2D eigenvalue weighted by Gasteiger charge is -2.15. The van der Waals surface area contributed by atoms with Gasteiger partial charge in [0, 0.05) is 43.9 Å². The number of aryl methyl sites for hydroxylation is 1. The number of H-pyrrole nitrogens is 1. The number of aliphatic hydroxyl groups is 1. The summed E-state index contributed by atoms with van der Waals surface area (Å²) in [5.74, 6) is 1.21. The van der Waals surface area contributed by atoms with E-state index in [0.29, 0.717) is 31.5 Å². The van der Waals surface area contributed by atoms with E-state index in [-0.39, 0.29) is 29.6 Å². The van der Waals surface area contributed by atoms with Gasteiger partial charge in [-0.3, -0.25) is 9.89 Å². The molecule has 1 saturated heterocycles. The summed E-state index contributed by atoms with van der Waals surface area (Å²) < 4.78 is 5.12. The van der Waals surface area contributed by atoms with Crippen molar-refractivity contribution in [2.45, 2.75) is 25.4 Å². The van der Waals surface area contributed by atoms with Crippen molar-refractivity contribution in [1.29, 1.82) is 0 Å². The number of aliphatic hydroxyl groups excluding tert-OH is 1. The molecule has 3 heterocycles. The minimum atomic E-state index is -0.545. The standard InChI is InChI=1S/C21H24N6O3/c1-13-24-20(26-30-13)27-11-17(28)21(12-27)16(19(21)14-5-3-2-4-6-14)10-22-18(29)9-15-7-8-23-25-15/h2-8,16-17,19,28H,9-12H2,1H3,(H,22,29)(H,23,25)/t16-,17-,19-,21-/m1/s1. The fourth-order valence-corrected chi connectivity index (χ4v) is 5.01. The molecule has 3 N–H and O–H groups in total. The summed E-state index contributed by atoms with van der Waals surface area (Å²) in [5.41, 5.74) is 1.60. The molecule has 4 atom stereocenters. The molecule has 2 aliphatic rings. The lowest BCUT2D eigenvalue weighted by Crippen LogP contribution is -2.31. The van der Waals surface area contributed by atoms with Crippen molar-refractivity contribution in [2.75, 3.05) is 24.5 Å². The number of hydrogen-bond donors (Lipinski definition) is 3. The number of anilines is 1. The molecule has 0 bridgehead atoms. The molecule has 1 amide bonds. The molecule has 1 aliphatic heterocycles. The van der Waals surface area contributed by atoms with Crippen LogP contribution in [0.25, 0.3) is 0 Å². The predicted octanol–water partition coefficient (Wildman–Crippen LogP) is 1.04. The Labute approximate surface area is 173 Å². The summed E-state index contributed by atoms with van der Waals surface area (Å²) in [6, 6.07) is 12.0. The van der Waals surface area contributed by atoms with Gasteiger partial charge in [-0.05, 0) is 28.6 Å². The van der Waals surface area contributed by atoms with Crippen LogP contribution in [0.3, 0.4) is 0 Å². The second-order valence-corrected chi connectivity index (χ2v) is 8.18. The molecule has 9 heteroatoms. The van der Waals surface area contributed by atoms with Gasteiger partial charge in [0.25, 0.3) is 5.95 Å². The number of aromatic nitrogens is 4. The zero-order valence-corrected chi connectivity index (χ0v) is 16.7. The molecule has 156 valence electrons. The maximum absolute atomic E-state index is 12.4. The van der Waals surface area contributed by atoms with Crippen molar-refractivity contribution >= 4 is 11.9 Å². The summed E-state index contributed by atoms with van der Waals surface area (Å²) in [6.07, 6.45) is 1.34.